The van der Waals surface area contributed by atoms with Crippen LogP contribution in [0.25, 0.3) is 0 Å². The molecule has 1 saturated carbocycles. The number of nitriles is 1. The van der Waals surface area contributed by atoms with E-state index in [1.807, 2.05) is 6.07 Å². The molecule has 2 rings (SSSR count). The first kappa shape index (κ1) is 14.7. The number of rotatable bonds is 3. The molecule has 106 valence electrons. The summed E-state index contributed by atoms with van der Waals surface area (Å²) in [6, 6.07) is 6.88. The molecule has 20 heavy (non-hydrogen) atoms. The molecule has 1 aliphatic rings. The number of anilines is 1. The fraction of sp³-hybridized carbons (Fsp3) is 0.467. The molecule has 0 spiro atoms. The number of carboxylic acid groups (broad SMARTS) is 1. The maximum atomic E-state index is 11.7. The lowest BCUT2D eigenvalue weighted by atomic mass is 9.90. The van der Waals surface area contributed by atoms with Gasteiger partial charge in [0.25, 0.3) is 0 Å². The molecule has 0 radical (unpaired) electrons. The highest BCUT2D eigenvalue weighted by atomic mass is 35.5. The van der Waals surface area contributed by atoms with Gasteiger partial charge in [-0.2, -0.15) is 5.26 Å². The quantitative estimate of drug-likeness (QED) is 0.831. The van der Waals surface area contributed by atoms with Crippen LogP contribution in [0.4, 0.5) is 5.69 Å². The number of aliphatic carboxylic acids is 1. The van der Waals surface area contributed by atoms with Gasteiger partial charge in [-0.15, -0.1) is 0 Å². The van der Waals surface area contributed by atoms with Crippen molar-refractivity contribution in [3.8, 4) is 6.07 Å². The lowest BCUT2D eigenvalue weighted by Gasteiger charge is -2.30. The van der Waals surface area contributed by atoms with E-state index in [1.165, 1.54) is 0 Å². The Hall–Kier alpha value is -1.73. The number of hydrogen-bond acceptors (Lipinski definition) is 3. The summed E-state index contributed by atoms with van der Waals surface area (Å²) < 4.78 is 0. The number of nitrogens with one attached hydrogen (secondary N) is 1. The molecule has 1 aromatic rings. The van der Waals surface area contributed by atoms with Gasteiger partial charge in [-0.3, -0.25) is 0 Å². The van der Waals surface area contributed by atoms with Gasteiger partial charge in [-0.05, 0) is 31.0 Å². The topological polar surface area (TPSA) is 73.1 Å². The molecule has 0 unspecified atom stereocenters. The van der Waals surface area contributed by atoms with E-state index in [0.717, 1.165) is 25.7 Å². The minimum absolute atomic E-state index is 0.383. The van der Waals surface area contributed by atoms with E-state index in [1.54, 1.807) is 18.2 Å². The van der Waals surface area contributed by atoms with Crippen molar-refractivity contribution in [1.29, 1.82) is 5.26 Å². The highest BCUT2D eigenvalue weighted by Crippen LogP contribution is 2.33. The van der Waals surface area contributed by atoms with Crippen molar-refractivity contribution in [2.45, 2.75) is 44.1 Å². The summed E-state index contributed by atoms with van der Waals surface area (Å²) in [6.45, 7) is 0. The molecule has 0 bridgehead atoms. The highest BCUT2D eigenvalue weighted by Gasteiger charge is 2.38. The Labute approximate surface area is 123 Å². The van der Waals surface area contributed by atoms with Crippen LogP contribution in [0.1, 0.15) is 44.1 Å². The van der Waals surface area contributed by atoms with Crippen molar-refractivity contribution in [3.63, 3.8) is 0 Å². The number of halogens is 1. The summed E-state index contributed by atoms with van der Waals surface area (Å²) in [5.74, 6) is -0.833. The van der Waals surface area contributed by atoms with Gasteiger partial charge >= 0.3 is 5.97 Å². The molecule has 0 amide bonds. The first-order valence-corrected chi connectivity index (χ1v) is 7.16. The maximum Gasteiger partial charge on any atom is 0.329 e. The number of carbonyl (C=O) groups is 1. The zero-order chi connectivity index (χ0) is 14.6. The Morgan fingerprint density at radius 1 is 1.30 bits per heavy atom. The van der Waals surface area contributed by atoms with E-state index < -0.39 is 11.5 Å². The third kappa shape index (κ3) is 3.05. The summed E-state index contributed by atoms with van der Waals surface area (Å²) in [4.78, 5) is 11.7. The molecule has 0 aromatic heterocycles. The van der Waals surface area contributed by atoms with Crippen LogP contribution < -0.4 is 5.32 Å². The Morgan fingerprint density at radius 3 is 2.45 bits per heavy atom. The summed E-state index contributed by atoms with van der Waals surface area (Å²) in [7, 11) is 0. The van der Waals surface area contributed by atoms with Crippen molar-refractivity contribution >= 4 is 23.3 Å². The first-order chi connectivity index (χ1) is 9.57. The second-order valence-electron chi connectivity index (χ2n) is 5.23. The summed E-state index contributed by atoms with van der Waals surface area (Å²) in [6.07, 6.45) is 5.12. The minimum Gasteiger partial charge on any atom is -0.480 e. The fourth-order valence-corrected chi connectivity index (χ4v) is 2.90. The largest absolute Gasteiger partial charge is 0.480 e. The van der Waals surface area contributed by atoms with Crippen LogP contribution in [0.3, 0.4) is 0 Å². The van der Waals surface area contributed by atoms with E-state index in [4.69, 9.17) is 16.9 Å². The van der Waals surface area contributed by atoms with Gasteiger partial charge in [0.05, 0.1) is 22.3 Å². The van der Waals surface area contributed by atoms with Crippen molar-refractivity contribution in [2.24, 2.45) is 0 Å². The van der Waals surface area contributed by atoms with E-state index in [2.05, 4.69) is 5.32 Å². The number of nitrogens with zero attached hydrogens (tertiary/aromatic N) is 1. The molecule has 1 aliphatic carbocycles. The Morgan fingerprint density at radius 2 is 1.95 bits per heavy atom. The second-order valence-corrected chi connectivity index (χ2v) is 5.64. The molecule has 2 N–H and O–H groups in total. The van der Waals surface area contributed by atoms with E-state index in [-0.39, 0.29) is 0 Å². The predicted octanol–water partition coefficient (Wildman–Crippen LogP) is 3.80. The molecule has 5 heteroatoms. The molecule has 4 nitrogen and oxygen atoms in total. The Kier molecular flexibility index (Phi) is 4.51. The lowest BCUT2D eigenvalue weighted by molar-refractivity contribution is -0.142. The summed E-state index contributed by atoms with van der Waals surface area (Å²) in [5, 5.41) is 21.9. The number of benzene rings is 1. The zero-order valence-electron chi connectivity index (χ0n) is 11.2. The van der Waals surface area contributed by atoms with Crippen LogP contribution in [0.15, 0.2) is 18.2 Å². The molecule has 0 aliphatic heterocycles. The van der Waals surface area contributed by atoms with E-state index >= 15 is 0 Å². The smallest absolute Gasteiger partial charge is 0.329 e. The average Bonchev–Trinajstić information content (AvgIpc) is 2.67. The van der Waals surface area contributed by atoms with Gasteiger partial charge < -0.3 is 10.4 Å². The SMILES string of the molecule is N#Cc1ccc(NC2(C(=O)O)CCCCCC2)c(Cl)c1. The second kappa shape index (κ2) is 6.15. The maximum absolute atomic E-state index is 11.7. The molecule has 1 fully saturated rings. The first-order valence-electron chi connectivity index (χ1n) is 6.79. The predicted molar refractivity (Wildman–Crippen MR) is 77.9 cm³/mol. The van der Waals surface area contributed by atoms with Crippen LogP contribution in [0.5, 0.6) is 0 Å². The minimum atomic E-state index is -0.950. The molecular weight excluding hydrogens is 276 g/mol. The van der Waals surface area contributed by atoms with Gasteiger partial charge in [0, 0.05) is 0 Å². The normalized spacial score (nSPS) is 17.8. The van der Waals surface area contributed by atoms with Gasteiger partial charge in [0.2, 0.25) is 0 Å². The van der Waals surface area contributed by atoms with Crippen LogP contribution in [-0.4, -0.2) is 16.6 Å². The van der Waals surface area contributed by atoms with Crippen molar-refractivity contribution < 1.29 is 9.90 Å². The lowest BCUT2D eigenvalue weighted by Crippen LogP contribution is -2.46. The van der Waals surface area contributed by atoms with Crippen LogP contribution in [0, 0.1) is 11.3 Å². The molecular formula is C15H17ClN2O2. The summed E-state index contributed by atoms with van der Waals surface area (Å²) >= 11 is 6.13. The van der Waals surface area contributed by atoms with Gasteiger partial charge in [-0.1, -0.05) is 37.3 Å². The number of carboxylic acids is 1. The molecule has 0 saturated heterocycles. The fourth-order valence-electron chi connectivity index (χ4n) is 2.67. The standard InChI is InChI=1S/C15H17ClN2O2/c16-12-9-11(10-17)5-6-13(12)18-15(14(19)20)7-3-1-2-4-8-15/h5-6,9,18H,1-4,7-8H2,(H,19,20). The van der Waals surface area contributed by atoms with Gasteiger partial charge in [0.1, 0.15) is 5.54 Å². The van der Waals surface area contributed by atoms with Gasteiger partial charge in [0.15, 0.2) is 0 Å². The highest BCUT2D eigenvalue weighted by molar-refractivity contribution is 6.33. The van der Waals surface area contributed by atoms with Crippen molar-refractivity contribution in [2.75, 3.05) is 5.32 Å². The molecule has 0 heterocycles. The zero-order valence-corrected chi connectivity index (χ0v) is 11.9. The van der Waals surface area contributed by atoms with Crippen molar-refractivity contribution in [1.82, 2.24) is 0 Å². The van der Waals surface area contributed by atoms with Crippen LogP contribution >= 0.6 is 11.6 Å². The number of hydrogen-bond donors (Lipinski definition) is 2. The molecule has 0 atom stereocenters. The monoisotopic (exact) mass is 292 g/mol. The third-order valence-corrected chi connectivity index (χ3v) is 4.15. The Bertz CT molecular complexity index is 543. The van der Waals surface area contributed by atoms with E-state index in [0.29, 0.717) is 29.1 Å². The van der Waals surface area contributed by atoms with Gasteiger partial charge in [-0.25, -0.2) is 4.79 Å². The third-order valence-electron chi connectivity index (χ3n) is 3.84. The molecule has 1 aromatic carbocycles. The summed E-state index contributed by atoms with van der Waals surface area (Å²) in [5.41, 5.74) is 0.0923. The van der Waals surface area contributed by atoms with Crippen LogP contribution in [-0.2, 0) is 4.79 Å². The van der Waals surface area contributed by atoms with Crippen LogP contribution in [0.2, 0.25) is 5.02 Å². The Balaban J connectivity index is 2.28. The van der Waals surface area contributed by atoms with Crippen molar-refractivity contribution in [3.05, 3.63) is 28.8 Å². The van der Waals surface area contributed by atoms with E-state index in [9.17, 15) is 9.90 Å². The average molecular weight is 293 g/mol.